The molecule has 4 heteroatoms. The highest BCUT2D eigenvalue weighted by molar-refractivity contribution is 7.80. The summed E-state index contributed by atoms with van der Waals surface area (Å²) in [6.45, 7) is 8.55. The van der Waals surface area contributed by atoms with Gasteiger partial charge in [0.15, 0.2) is 0 Å². The lowest BCUT2D eigenvalue weighted by Crippen LogP contribution is -2.40. The number of halogens is 1. The fourth-order valence-corrected chi connectivity index (χ4v) is 2.04. The van der Waals surface area contributed by atoms with Gasteiger partial charge in [-0.05, 0) is 24.5 Å². The van der Waals surface area contributed by atoms with E-state index in [9.17, 15) is 4.39 Å². The van der Waals surface area contributed by atoms with Crippen LogP contribution in [0, 0.1) is 11.2 Å². The second kappa shape index (κ2) is 5.22. The third kappa shape index (κ3) is 2.99. The SMILES string of the molecule is CC(N(C)c1cccc(F)c1C(N)=S)C(C)(C)C. The van der Waals surface area contributed by atoms with Crippen LogP contribution in [-0.2, 0) is 0 Å². The molecule has 0 aliphatic heterocycles. The van der Waals surface area contributed by atoms with Crippen molar-refractivity contribution in [2.45, 2.75) is 33.7 Å². The highest BCUT2D eigenvalue weighted by Gasteiger charge is 2.26. The third-order valence-corrected chi connectivity index (χ3v) is 3.66. The van der Waals surface area contributed by atoms with Gasteiger partial charge in [0.05, 0.1) is 5.56 Å². The smallest absolute Gasteiger partial charge is 0.135 e. The molecule has 0 aromatic heterocycles. The fraction of sp³-hybridized carbons (Fsp3) is 0.500. The molecule has 0 radical (unpaired) electrons. The van der Waals surface area contributed by atoms with Crippen LogP contribution in [0.2, 0.25) is 0 Å². The Morgan fingerprint density at radius 2 is 1.94 bits per heavy atom. The summed E-state index contributed by atoms with van der Waals surface area (Å²) in [6.07, 6.45) is 0. The minimum atomic E-state index is -0.368. The lowest BCUT2D eigenvalue weighted by Gasteiger charge is -2.37. The largest absolute Gasteiger partial charge is 0.389 e. The van der Waals surface area contributed by atoms with Crippen LogP contribution >= 0.6 is 12.2 Å². The Labute approximate surface area is 114 Å². The van der Waals surface area contributed by atoms with Crippen molar-refractivity contribution in [3.8, 4) is 0 Å². The summed E-state index contributed by atoms with van der Waals surface area (Å²) >= 11 is 4.95. The van der Waals surface area contributed by atoms with Crippen LogP contribution in [0.3, 0.4) is 0 Å². The number of hydrogen-bond donors (Lipinski definition) is 1. The molecule has 100 valence electrons. The van der Waals surface area contributed by atoms with E-state index < -0.39 is 0 Å². The first-order valence-corrected chi connectivity index (χ1v) is 6.38. The molecule has 18 heavy (non-hydrogen) atoms. The van der Waals surface area contributed by atoms with Gasteiger partial charge in [-0.2, -0.15) is 0 Å². The lowest BCUT2D eigenvalue weighted by atomic mass is 9.86. The maximum Gasteiger partial charge on any atom is 0.135 e. The molecule has 1 unspecified atom stereocenters. The van der Waals surface area contributed by atoms with Crippen molar-refractivity contribution in [2.75, 3.05) is 11.9 Å². The summed E-state index contributed by atoms with van der Waals surface area (Å²) in [5.41, 5.74) is 6.77. The highest BCUT2D eigenvalue weighted by atomic mass is 32.1. The van der Waals surface area contributed by atoms with Gasteiger partial charge < -0.3 is 10.6 Å². The maximum atomic E-state index is 13.8. The van der Waals surface area contributed by atoms with Crippen molar-refractivity contribution in [3.05, 3.63) is 29.6 Å². The average Bonchev–Trinajstić information content (AvgIpc) is 2.24. The Morgan fingerprint density at radius 1 is 1.39 bits per heavy atom. The van der Waals surface area contributed by atoms with Crippen molar-refractivity contribution in [3.63, 3.8) is 0 Å². The zero-order valence-corrected chi connectivity index (χ0v) is 12.4. The van der Waals surface area contributed by atoms with E-state index in [0.717, 1.165) is 5.69 Å². The van der Waals surface area contributed by atoms with Crippen LogP contribution in [0.1, 0.15) is 33.3 Å². The van der Waals surface area contributed by atoms with Crippen LogP contribution in [0.5, 0.6) is 0 Å². The zero-order chi connectivity index (χ0) is 14.1. The van der Waals surface area contributed by atoms with Gasteiger partial charge in [-0.3, -0.25) is 0 Å². The first-order valence-electron chi connectivity index (χ1n) is 5.97. The number of anilines is 1. The van der Waals surface area contributed by atoms with Crippen molar-refractivity contribution >= 4 is 22.9 Å². The van der Waals surface area contributed by atoms with Crippen LogP contribution in [0.4, 0.5) is 10.1 Å². The van der Waals surface area contributed by atoms with E-state index in [4.69, 9.17) is 18.0 Å². The van der Waals surface area contributed by atoms with Gasteiger partial charge >= 0.3 is 0 Å². The normalized spacial score (nSPS) is 13.2. The molecule has 0 saturated carbocycles. The standard InChI is InChI=1S/C14H21FN2S/c1-9(14(2,3)4)17(5)11-8-6-7-10(15)12(11)13(16)18/h6-9H,1-5H3,(H2,16,18). The van der Waals surface area contributed by atoms with Crippen molar-refractivity contribution in [1.29, 1.82) is 0 Å². The predicted molar refractivity (Wildman–Crippen MR) is 79.6 cm³/mol. The zero-order valence-electron chi connectivity index (χ0n) is 11.6. The molecule has 2 N–H and O–H groups in total. The molecule has 0 bridgehead atoms. The number of benzene rings is 1. The molecule has 1 aromatic carbocycles. The second-order valence-electron chi connectivity index (χ2n) is 5.65. The van der Waals surface area contributed by atoms with Crippen LogP contribution in [0.15, 0.2) is 18.2 Å². The molecule has 0 saturated heterocycles. The number of nitrogens with two attached hydrogens (primary N) is 1. The first kappa shape index (κ1) is 14.9. The summed E-state index contributed by atoms with van der Waals surface area (Å²) in [5, 5.41) is 0. The van der Waals surface area contributed by atoms with E-state index in [0.29, 0.717) is 5.56 Å². The molecule has 0 fully saturated rings. The summed E-state index contributed by atoms with van der Waals surface area (Å²) in [6, 6.07) is 5.14. The highest BCUT2D eigenvalue weighted by Crippen LogP contribution is 2.30. The maximum absolute atomic E-state index is 13.8. The molecule has 2 nitrogen and oxygen atoms in total. The topological polar surface area (TPSA) is 29.3 Å². The van der Waals surface area contributed by atoms with Gasteiger partial charge in [0.25, 0.3) is 0 Å². The first-order chi connectivity index (χ1) is 8.16. The third-order valence-electron chi connectivity index (χ3n) is 3.45. The van der Waals surface area contributed by atoms with E-state index in [1.807, 2.05) is 18.0 Å². The molecule has 0 aliphatic rings. The number of hydrogen-bond acceptors (Lipinski definition) is 2. The monoisotopic (exact) mass is 268 g/mol. The van der Waals surface area contributed by atoms with Gasteiger partial charge in [0.2, 0.25) is 0 Å². The molecule has 0 spiro atoms. The van der Waals surface area contributed by atoms with Crippen LogP contribution in [-0.4, -0.2) is 18.1 Å². The number of nitrogens with zero attached hydrogens (tertiary/aromatic N) is 1. The van der Waals surface area contributed by atoms with E-state index in [1.165, 1.54) is 6.07 Å². The molecular weight excluding hydrogens is 247 g/mol. The van der Waals surface area contributed by atoms with Crippen molar-refractivity contribution in [2.24, 2.45) is 11.1 Å². The lowest BCUT2D eigenvalue weighted by molar-refractivity contribution is 0.329. The fourth-order valence-electron chi connectivity index (χ4n) is 1.84. The van der Waals surface area contributed by atoms with Gasteiger partial charge in [-0.1, -0.05) is 39.1 Å². The molecule has 1 atom stereocenters. The molecule has 1 aromatic rings. The molecule has 1 rings (SSSR count). The second-order valence-corrected chi connectivity index (χ2v) is 6.09. The van der Waals surface area contributed by atoms with E-state index in [1.54, 1.807) is 6.07 Å². The van der Waals surface area contributed by atoms with E-state index in [2.05, 4.69) is 27.7 Å². The summed E-state index contributed by atoms with van der Waals surface area (Å²) < 4.78 is 13.8. The Hall–Kier alpha value is -1.16. The Kier molecular flexibility index (Phi) is 4.32. The molecule has 0 amide bonds. The molecule has 0 heterocycles. The van der Waals surface area contributed by atoms with Crippen molar-refractivity contribution in [1.82, 2.24) is 0 Å². The van der Waals surface area contributed by atoms with Gasteiger partial charge in [0, 0.05) is 18.8 Å². The Bertz CT molecular complexity index is 452. The average molecular weight is 268 g/mol. The van der Waals surface area contributed by atoms with Gasteiger partial charge in [-0.25, -0.2) is 4.39 Å². The Balaban J connectivity index is 3.26. The van der Waals surface area contributed by atoms with Gasteiger partial charge in [0.1, 0.15) is 10.8 Å². The minimum Gasteiger partial charge on any atom is -0.389 e. The molecule has 0 aliphatic carbocycles. The predicted octanol–water partition coefficient (Wildman–Crippen LogP) is 3.33. The van der Waals surface area contributed by atoms with E-state index >= 15 is 0 Å². The number of rotatable bonds is 3. The van der Waals surface area contributed by atoms with Crippen LogP contribution in [0.25, 0.3) is 0 Å². The van der Waals surface area contributed by atoms with Crippen molar-refractivity contribution < 1.29 is 4.39 Å². The van der Waals surface area contributed by atoms with Crippen LogP contribution < -0.4 is 10.6 Å². The quantitative estimate of drug-likeness (QED) is 0.853. The van der Waals surface area contributed by atoms with E-state index in [-0.39, 0.29) is 22.3 Å². The van der Waals surface area contributed by atoms with Gasteiger partial charge in [-0.15, -0.1) is 0 Å². The number of thiocarbonyl (C=S) groups is 1. The minimum absolute atomic E-state index is 0.0779. The molecular formula is C14H21FN2S. The summed E-state index contributed by atoms with van der Waals surface area (Å²) in [5.74, 6) is -0.368. The summed E-state index contributed by atoms with van der Waals surface area (Å²) in [4.78, 5) is 2.12. The summed E-state index contributed by atoms with van der Waals surface area (Å²) in [7, 11) is 1.94. The Morgan fingerprint density at radius 3 is 2.39 bits per heavy atom.